The van der Waals surface area contributed by atoms with Gasteiger partial charge in [0.05, 0.1) is 18.8 Å². The first-order valence-corrected chi connectivity index (χ1v) is 7.11. The number of hydrogen-bond acceptors (Lipinski definition) is 5. The lowest BCUT2D eigenvalue weighted by atomic mass is 9.86. The molecular weight excluding hydrogens is 266 g/mol. The van der Waals surface area contributed by atoms with Crippen LogP contribution < -0.4 is 5.32 Å². The van der Waals surface area contributed by atoms with Crippen LogP contribution in [-0.4, -0.2) is 40.5 Å². The maximum absolute atomic E-state index is 5.02. The maximum atomic E-state index is 5.02. The van der Waals surface area contributed by atoms with E-state index in [4.69, 9.17) is 4.74 Å². The fourth-order valence-corrected chi connectivity index (χ4v) is 2.17. The van der Waals surface area contributed by atoms with E-state index in [0.717, 1.165) is 18.1 Å². The summed E-state index contributed by atoms with van der Waals surface area (Å²) in [7, 11) is 1.69. The van der Waals surface area contributed by atoms with Crippen molar-refractivity contribution in [1.29, 1.82) is 0 Å². The fourth-order valence-electron chi connectivity index (χ4n) is 2.17. The molecule has 0 saturated carbocycles. The maximum Gasteiger partial charge on any atom is 0.170 e. The number of nitrogens with one attached hydrogen (secondary N) is 1. The van der Waals surface area contributed by atoms with E-state index in [2.05, 4.69) is 53.7 Å². The van der Waals surface area contributed by atoms with Crippen LogP contribution in [0.15, 0.2) is 24.3 Å². The number of nitrogens with zero attached hydrogens (tertiary/aromatic N) is 4. The summed E-state index contributed by atoms with van der Waals surface area (Å²) < 4.78 is 6.82. The molecule has 0 aliphatic rings. The van der Waals surface area contributed by atoms with Crippen LogP contribution in [0.5, 0.6) is 0 Å². The van der Waals surface area contributed by atoms with Gasteiger partial charge in [-0.25, -0.2) is 0 Å². The third-order valence-electron chi connectivity index (χ3n) is 3.24. The van der Waals surface area contributed by atoms with Gasteiger partial charge in [0.2, 0.25) is 0 Å². The van der Waals surface area contributed by atoms with Gasteiger partial charge >= 0.3 is 0 Å². The predicted molar refractivity (Wildman–Crippen MR) is 81.4 cm³/mol. The van der Waals surface area contributed by atoms with Crippen LogP contribution in [0.25, 0.3) is 5.69 Å². The first kappa shape index (κ1) is 15.6. The molecule has 6 heteroatoms. The number of tetrazole rings is 1. The summed E-state index contributed by atoms with van der Waals surface area (Å²) in [5, 5.41) is 15.3. The van der Waals surface area contributed by atoms with Crippen molar-refractivity contribution >= 4 is 0 Å². The summed E-state index contributed by atoms with van der Waals surface area (Å²) in [5.41, 5.74) is 2.28. The van der Waals surface area contributed by atoms with Crippen molar-refractivity contribution in [2.45, 2.75) is 32.7 Å². The molecule has 0 bridgehead atoms. The molecule has 1 N–H and O–H groups in total. The summed E-state index contributed by atoms with van der Waals surface area (Å²) in [6.07, 6.45) is 0. The third-order valence-corrected chi connectivity index (χ3v) is 3.24. The molecule has 0 spiro atoms. The van der Waals surface area contributed by atoms with Gasteiger partial charge in [-0.3, -0.25) is 0 Å². The highest BCUT2D eigenvalue weighted by Gasteiger charge is 2.20. The van der Waals surface area contributed by atoms with Gasteiger partial charge in [0, 0.05) is 13.7 Å². The largest absolute Gasteiger partial charge is 0.383 e. The Kier molecular flexibility index (Phi) is 5.03. The second-order valence-corrected chi connectivity index (χ2v) is 5.94. The number of hydrogen-bond donors (Lipinski definition) is 1. The van der Waals surface area contributed by atoms with E-state index in [1.165, 1.54) is 5.56 Å². The number of ether oxygens (including phenoxy) is 1. The Morgan fingerprint density at radius 3 is 2.71 bits per heavy atom. The molecule has 0 radical (unpaired) electrons. The van der Waals surface area contributed by atoms with Crippen molar-refractivity contribution in [1.82, 2.24) is 25.5 Å². The molecule has 114 valence electrons. The minimum atomic E-state index is 0.0310. The lowest BCUT2D eigenvalue weighted by Gasteiger charge is -2.22. The van der Waals surface area contributed by atoms with E-state index in [1.54, 1.807) is 11.8 Å². The molecule has 1 heterocycles. The van der Waals surface area contributed by atoms with Crippen molar-refractivity contribution in [2.24, 2.45) is 0 Å². The summed E-state index contributed by atoms with van der Waals surface area (Å²) in [6.45, 7) is 8.60. The van der Waals surface area contributed by atoms with Crippen molar-refractivity contribution in [3.8, 4) is 5.69 Å². The number of benzene rings is 1. The Balaban J connectivity index is 2.25. The van der Waals surface area contributed by atoms with Crippen LogP contribution >= 0.6 is 0 Å². The van der Waals surface area contributed by atoms with Gasteiger partial charge in [-0.1, -0.05) is 39.0 Å². The predicted octanol–water partition coefficient (Wildman–Crippen LogP) is 1.70. The summed E-state index contributed by atoms with van der Waals surface area (Å²) in [5.74, 6) is 0.794. The third kappa shape index (κ3) is 3.86. The Morgan fingerprint density at radius 1 is 1.24 bits per heavy atom. The molecule has 0 aliphatic carbocycles. The van der Waals surface area contributed by atoms with E-state index in [9.17, 15) is 0 Å². The smallest absolute Gasteiger partial charge is 0.170 e. The molecule has 0 fully saturated rings. The summed E-state index contributed by atoms with van der Waals surface area (Å²) in [6, 6.07) is 8.23. The summed E-state index contributed by atoms with van der Waals surface area (Å²) in [4.78, 5) is 0. The lowest BCUT2D eigenvalue weighted by Crippen LogP contribution is -2.22. The Labute approximate surface area is 125 Å². The van der Waals surface area contributed by atoms with Crippen molar-refractivity contribution < 1.29 is 4.74 Å². The van der Waals surface area contributed by atoms with E-state index in [0.29, 0.717) is 13.2 Å². The number of para-hydroxylation sites is 1. The highest BCUT2D eigenvalue weighted by Crippen LogP contribution is 2.28. The van der Waals surface area contributed by atoms with Crippen molar-refractivity contribution in [3.05, 3.63) is 35.7 Å². The zero-order valence-electron chi connectivity index (χ0n) is 13.1. The first-order valence-electron chi connectivity index (χ1n) is 7.11. The van der Waals surface area contributed by atoms with Gasteiger partial charge in [-0.15, -0.1) is 5.10 Å². The molecule has 0 aliphatic heterocycles. The number of aromatic nitrogens is 4. The topological polar surface area (TPSA) is 64.9 Å². The van der Waals surface area contributed by atoms with Gasteiger partial charge in [-0.05, 0) is 27.5 Å². The van der Waals surface area contributed by atoms with Gasteiger partial charge in [0.1, 0.15) is 0 Å². The molecule has 21 heavy (non-hydrogen) atoms. The summed E-state index contributed by atoms with van der Waals surface area (Å²) >= 11 is 0. The van der Waals surface area contributed by atoms with E-state index >= 15 is 0 Å². The molecule has 0 saturated heterocycles. The minimum absolute atomic E-state index is 0.0310. The molecule has 2 aromatic rings. The first-order chi connectivity index (χ1) is 10.0. The highest BCUT2D eigenvalue weighted by atomic mass is 16.5. The van der Waals surface area contributed by atoms with Gasteiger partial charge in [-0.2, -0.15) is 4.68 Å². The average molecular weight is 289 g/mol. The zero-order valence-corrected chi connectivity index (χ0v) is 13.1. The van der Waals surface area contributed by atoms with Crippen molar-refractivity contribution in [3.63, 3.8) is 0 Å². The van der Waals surface area contributed by atoms with E-state index < -0.39 is 0 Å². The lowest BCUT2D eigenvalue weighted by molar-refractivity contribution is 0.199. The van der Waals surface area contributed by atoms with Crippen molar-refractivity contribution in [2.75, 3.05) is 20.3 Å². The van der Waals surface area contributed by atoms with Gasteiger partial charge in [0.25, 0.3) is 0 Å². The van der Waals surface area contributed by atoms with Crippen LogP contribution in [0.3, 0.4) is 0 Å². The van der Waals surface area contributed by atoms with Gasteiger partial charge in [0.15, 0.2) is 5.82 Å². The fraction of sp³-hybridized carbons (Fsp3) is 0.533. The highest BCUT2D eigenvalue weighted by molar-refractivity contribution is 5.44. The van der Waals surface area contributed by atoms with Crippen LogP contribution in [0.4, 0.5) is 0 Å². The quantitative estimate of drug-likeness (QED) is 0.820. The molecule has 2 rings (SSSR count). The average Bonchev–Trinajstić information content (AvgIpc) is 2.91. The molecule has 0 amide bonds. The zero-order chi connectivity index (χ0) is 15.3. The van der Waals surface area contributed by atoms with Crippen LogP contribution in [0, 0.1) is 0 Å². The van der Waals surface area contributed by atoms with E-state index in [-0.39, 0.29) is 5.41 Å². The Morgan fingerprint density at radius 2 is 2.00 bits per heavy atom. The van der Waals surface area contributed by atoms with Crippen LogP contribution in [0.2, 0.25) is 0 Å². The molecule has 0 atom stereocenters. The number of rotatable bonds is 6. The normalized spacial score (nSPS) is 11.8. The Hall–Kier alpha value is -1.79. The molecule has 1 aromatic heterocycles. The van der Waals surface area contributed by atoms with E-state index in [1.807, 2.05) is 12.1 Å². The molecular formula is C15H23N5O. The second-order valence-electron chi connectivity index (χ2n) is 5.94. The molecule has 1 aromatic carbocycles. The SMILES string of the molecule is COCCNCc1nnnn1-c1ccccc1C(C)(C)C. The minimum Gasteiger partial charge on any atom is -0.383 e. The Bertz CT molecular complexity index is 573. The monoisotopic (exact) mass is 289 g/mol. The standard InChI is InChI=1S/C15H23N5O/c1-15(2,3)12-7-5-6-8-13(12)20-14(17-18-19-20)11-16-9-10-21-4/h5-8,16H,9-11H2,1-4H3. The van der Waals surface area contributed by atoms with Crippen LogP contribution in [0.1, 0.15) is 32.2 Å². The molecule has 6 nitrogen and oxygen atoms in total. The molecule has 0 unspecified atom stereocenters. The van der Waals surface area contributed by atoms with Crippen LogP contribution in [-0.2, 0) is 16.7 Å². The van der Waals surface area contributed by atoms with Gasteiger partial charge < -0.3 is 10.1 Å². The number of methoxy groups -OCH3 is 1. The second kappa shape index (κ2) is 6.78.